The molecular formula is C36H50N4O5. The Morgan fingerprint density at radius 1 is 1.09 bits per heavy atom. The number of pyridine rings is 1. The first-order valence-corrected chi connectivity index (χ1v) is 16.2. The summed E-state index contributed by atoms with van der Waals surface area (Å²) in [7, 11) is 1.65. The van der Waals surface area contributed by atoms with E-state index in [4.69, 9.17) is 24.7 Å². The van der Waals surface area contributed by atoms with Gasteiger partial charge in [-0.15, -0.1) is 0 Å². The van der Waals surface area contributed by atoms with Crippen LogP contribution in [-0.2, 0) is 32.2 Å². The number of methoxy groups -OCH3 is 1. The summed E-state index contributed by atoms with van der Waals surface area (Å²) in [6, 6.07) is 12.4. The Labute approximate surface area is 268 Å². The van der Waals surface area contributed by atoms with Crippen LogP contribution in [0.5, 0.6) is 0 Å². The lowest BCUT2D eigenvalue weighted by Crippen LogP contribution is -2.50. The molecule has 45 heavy (non-hydrogen) atoms. The van der Waals surface area contributed by atoms with E-state index in [1.165, 1.54) is 18.4 Å². The lowest BCUT2D eigenvalue weighted by Gasteiger charge is -2.40. The first-order valence-electron chi connectivity index (χ1n) is 16.2. The molecule has 1 amide bonds. The SMILES string of the molecule is C=C/C=C(\C=C(/COCc1ccc(C2CC2)cc1)OC)C1CN(C(=O)c2cc(COCC(N)N3CCOCC3)ccn2)C1.CC. The van der Waals surface area contributed by atoms with Crippen LogP contribution in [0, 0.1) is 5.92 Å². The lowest BCUT2D eigenvalue weighted by atomic mass is 9.89. The molecule has 0 bridgehead atoms. The van der Waals surface area contributed by atoms with Gasteiger partial charge >= 0.3 is 0 Å². The highest BCUT2D eigenvalue weighted by Gasteiger charge is 2.33. The van der Waals surface area contributed by atoms with Crippen molar-refractivity contribution in [3.8, 4) is 0 Å². The third-order valence-electron chi connectivity index (χ3n) is 8.20. The van der Waals surface area contributed by atoms with Crippen LogP contribution in [0.15, 0.2) is 78.7 Å². The number of hydrogen-bond donors (Lipinski definition) is 1. The predicted molar refractivity (Wildman–Crippen MR) is 176 cm³/mol. The van der Waals surface area contributed by atoms with Gasteiger partial charge in [-0.2, -0.15) is 0 Å². The highest BCUT2D eigenvalue weighted by molar-refractivity contribution is 5.93. The van der Waals surface area contributed by atoms with Gasteiger partial charge in [0, 0.05) is 38.3 Å². The summed E-state index contributed by atoms with van der Waals surface area (Å²) >= 11 is 0. The molecule has 2 N–H and O–H groups in total. The number of morpholine rings is 1. The van der Waals surface area contributed by atoms with Gasteiger partial charge in [-0.3, -0.25) is 14.7 Å². The number of benzene rings is 1. The van der Waals surface area contributed by atoms with Crippen molar-refractivity contribution in [2.45, 2.75) is 52.0 Å². The molecule has 2 aromatic rings. The van der Waals surface area contributed by atoms with Gasteiger partial charge in [0.15, 0.2) is 0 Å². The first kappa shape index (κ1) is 34.5. The molecule has 0 radical (unpaired) electrons. The molecule has 1 aromatic carbocycles. The van der Waals surface area contributed by atoms with E-state index in [0.29, 0.717) is 58.4 Å². The molecule has 3 heterocycles. The first-order chi connectivity index (χ1) is 22.0. The van der Waals surface area contributed by atoms with Crippen molar-refractivity contribution in [3.05, 3.63) is 101 Å². The second-order valence-corrected chi connectivity index (χ2v) is 11.4. The molecule has 1 unspecified atom stereocenters. The van der Waals surface area contributed by atoms with Crippen molar-refractivity contribution in [2.24, 2.45) is 11.7 Å². The lowest BCUT2D eigenvalue weighted by molar-refractivity contribution is -0.0118. The van der Waals surface area contributed by atoms with Gasteiger partial charge in [-0.05, 0) is 59.2 Å². The minimum absolute atomic E-state index is 0.0898. The molecule has 3 fully saturated rings. The molecule has 2 saturated heterocycles. The second-order valence-electron chi connectivity index (χ2n) is 11.4. The van der Waals surface area contributed by atoms with Crippen molar-refractivity contribution < 1.29 is 23.7 Å². The Hall–Kier alpha value is -3.34. The van der Waals surface area contributed by atoms with E-state index >= 15 is 0 Å². The molecule has 1 saturated carbocycles. The number of allylic oxidation sites excluding steroid dienone is 3. The normalized spacial score (nSPS) is 18.4. The number of amides is 1. The van der Waals surface area contributed by atoms with E-state index in [-0.39, 0.29) is 18.0 Å². The largest absolute Gasteiger partial charge is 0.499 e. The van der Waals surface area contributed by atoms with Crippen LogP contribution in [0.4, 0.5) is 0 Å². The monoisotopic (exact) mass is 618 g/mol. The van der Waals surface area contributed by atoms with Crippen LogP contribution in [0.2, 0.25) is 0 Å². The number of likely N-dealkylation sites (tertiary alicyclic amines) is 1. The maximum atomic E-state index is 13.2. The van der Waals surface area contributed by atoms with Crippen LogP contribution in [-0.4, -0.2) is 86.6 Å². The van der Waals surface area contributed by atoms with Crippen molar-refractivity contribution in [1.29, 1.82) is 0 Å². The average Bonchev–Trinajstić information content (AvgIpc) is 3.91. The van der Waals surface area contributed by atoms with E-state index in [0.717, 1.165) is 41.5 Å². The summed E-state index contributed by atoms with van der Waals surface area (Å²) < 4.78 is 22.8. The molecule has 9 nitrogen and oxygen atoms in total. The highest BCUT2D eigenvalue weighted by atomic mass is 16.5. The van der Waals surface area contributed by atoms with Crippen LogP contribution in [0.25, 0.3) is 0 Å². The molecule has 2 aliphatic heterocycles. The van der Waals surface area contributed by atoms with Gasteiger partial charge in [0.1, 0.15) is 18.1 Å². The fourth-order valence-electron chi connectivity index (χ4n) is 5.37. The fourth-order valence-corrected chi connectivity index (χ4v) is 5.37. The van der Waals surface area contributed by atoms with Crippen molar-refractivity contribution in [2.75, 3.05) is 59.7 Å². The Morgan fingerprint density at radius 3 is 2.47 bits per heavy atom. The van der Waals surface area contributed by atoms with E-state index in [2.05, 4.69) is 40.7 Å². The number of hydrogen-bond acceptors (Lipinski definition) is 8. The Morgan fingerprint density at radius 2 is 1.80 bits per heavy atom. The zero-order valence-corrected chi connectivity index (χ0v) is 27.2. The van der Waals surface area contributed by atoms with Crippen LogP contribution >= 0.6 is 0 Å². The van der Waals surface area contributed by atoms with E-state index in [9.17, 15) is 4.79 Å². The van der Waals surface area contributed by atoms with Crippen LogP contribution in [0.1, 0.15) is 59.8 Å². The minimum Gasteiger partial charge on any atom is -0.499 e. The summed E-state index contributed by atoms with van der Waals surface area (Å²) in [6.07, 6.45) is 9.83. The summed E-state index contributed by atoms with van der Waals surface area (Å²) in [5, 5.41) is 0. The summed E-state index contributed by atoms with van der Waals surface area (Å²) in [4.78, 5) is 21.5. The average molecular weight is 619 g/mol. The number of nitrogens with two attached hydrogens (primary N) is 1. The quantitative estimate of drug-likeness (QED) is 0.219. The third-order valence-corrected chi connectivity index (χ3v) is 8.20. The summed E-state index contributed by atoms with van der Waals surface area (Å²) in [5.41, 5.74) is 11.2. The smallest absolute Gasteiger partial charge is 0.272 e. The molecular weight excluding hydrogens is 568 g/mol. The molecule has 1 aromatic heterocycles. The van der Waals surface area contributed by atoms with Crippen molar-refractivity contribution in [3.63, 3.8) is 0 Å². The van der Waals surface area contributed by atoms with Crippen LogP contribution < -0.4 is 5.73 Å². The zero-order chi connectivity index (χ0) is 32.0. The third kappa shape index (κ3) is 10.3. The Kier molecular flexibility index (Phi) is 13.8. The van der Waals surface area contributed by atoms with Gasteiger partial charge in [-0.25, -0.2) is 0 Å². The van der Waals surface area contributed by atoms with E-state index in [1.54, 1.807) is 25.4 Å². The second kappa shape index (κ2) is 18.0. The summed E-state index contributed by atoms with van der Waals surface area (Å²) in [5.74, 6) is 1.57. The summed E-state index contributed by atoms with van der Waals surface area (Å²) in [6.45, 7) is 13.7. The number of carbonyl (C=O) groups excluding carboxylic acids is 1. The van der Waals surface area contributed by atoms with Crippen molar-refractivity contribution >= 4 is 5.91 Å². The number of rotatable bonds is 15. The zero-order valence-electron chi connectivity index (χ0n) is 27.2. The fraction of sp³-hybridized carbons (Fsp3) is 0.500. The van der Waals surface area contributed by atoms with E-state index < -0.39 is 0 Å². The van der Waals surface area contributed by atoms with Gasteiger partial charge in [0.2, 0.25) is 0 Å². The van der Waals surface area contributed by atoms with Crippen molar-refractivity contribution in [1.82, 2.24) is 14.8 Å². The van der Waals surface area contributed by atoms with Gasteiger partial charge in [-0.1, -0.05) is 56.8 Å². The Bertz CT molecular complexity index is 1280. The Balaban J connectivity index is 0.00000226. The minimum atomic E-state index is -0.175. The molecule has 5 rings (SSSR count). The molecule has 9 heteroatoms. The maximum Gasteiger partial charge on any atom is 0.272 e. The highest BCUT2D eigenvalue weighted by Crippen LogP contribution is 2.39. The molecule has 244 valence electrons. The van der Waals surface area contributed by atoms with Gasteiger partial charge in [0.25, 0.3) is 5.91 Å². The number of carbonyl (C=O) groups is 1. The van der Waals surface area contributed by atoms with Crippen LogP contribution in [0.3, 0.4) is 0 Å². The predicted octanol–water partition coefficient (Wildman–Crippen LogP) is 5.05. The number of aromatic nitrogens is 1. The molecule has 1 aliphatic carbocycles. The van der Waals surface area contributed by atoms with E-state index in [1.807, 2.05) is 37.0 Å². The molecule has 3 aliphatic rings. The van der Waals surface area contributed by atoms with Gasteiger partial charge in [0.05, 0.1) is 46.3 Å². The molecule has 0 spiro atoms. The van der Waals surface area contributed by atoms with Gasteiger partial charge < -0.3 is 29.6 Å². The molecule has 1 atom stereocenters. The maximum absolute atomic E-state index is 13.2. The number of nitrogens with zero attached hydrogens (tertiary/aromatic N) is 3. The topological polar surface area (TPSA) is 99.4 Å². The standard InChI is InChI=1S/C34H44N4O5.C2H6/c1-3-4-29(18-31(40-2)23-42-21-25-5-7-27(8-6-25)28-9-10-28)30-19-38(20-30)34(39)32-17-26(11-12-36-32)22-43-24-33(35)37-13-15-41-16-14-37;1-2/h3-8,11-12,17-18,28,30,33H,1,9-10,13-16,19-24,35H2,2H3;1-2H3/b29-4+,31-18+;. The number of ether oxygens (including phenoxy) is 4.